The zero-order valence-electron chi connectivity index (χ0n) is 11.4. The van der Waals surface area contributed by atoms with Crippen LogP contribution >= 0.6 is 0 Å². The number of hydrogen-bond donors (Lipinski definition) is 2. The maximum absolute atomic E-state index is 13.5. The highest BCUT2D eigenvalue weighted by Crippen LogP contribution is 2.22. The molecule has 1 aromatic carbocycles. The van der Waals surface area contributed by atoms with Gasteiger partial charge in [0, 0.05) is 18.5 Å². The predicted molar refractivity (Wildman–Crippen MR) is 71.8 cm³/mol. The van der Waals surface area contributed by atoms with Gasteiger partial charge in [-0.3, -0.25) is 0 Å². The van der Waals surface area contributed by atoms with Gasteiger partial charge in [-0.25, -0.2) is 13.8 Å². The van der Waals surface area contributed by atoms with E-state index < -0.39 is 11.6 Å². The van der Waals surface area contributed by atoms with Gasteiger partial charge in [0.25, 0.3) is 0 Å². The van der Waals surface area contributed by atoms with Crippen LogP contribution in [0.2, 0.25) is 0 Å². The summed E-state index contributed by atoms with van der Waals surface area (Å²) in [6.07, 6.45) is 1.36. The van der Waals surface area contributed by atoms with E-state index in [0.29, 0.717) is 17.8 Å². The Morgan fingerprint density at radius 2 is 2.00 bits per heavy atom. The van der Waals surface area contributed by atoms with Crippen LogP contribution in [0.5, 0.6) is 0 Å². The molecule has 5 heteroatoms. The molecule has 0 spiro atoms. The Morgan fingerprint density at radius 3 is 2.63 bits per heavy atom. The van der Waals surface area contributed by atoms with Crippen LogP contribution < -0.4 is 5.73 Å². The van der Waals surface area contributed by atoms with Crippen molar-refractivity contribution in [2.45, 2.75) is 39.7 Å². The number of benzene rings is 1. The van der Waals surface area contributed by atoms with Crippen LogP contribution in [0.3, 0.4) is 0 Å². The summed E-state index contributed by atoms with van der Waals surface area (Å²) < 4.78 is 26.6. The fraction of sp³-hybridized carbons (Fsp3) is 0.500. The number of H-pyrrole nitrogens is 1. The van der Waals surface area contributed by atoms with Crippen LogP contribution in [-0.2, 0) is 6.42 Å². The standard InChI is InChI=1S/C14H19F2N3/c1-14(2,3)7-9(17)6-12-18-11-5-8(15)4-10(16)13(11)19-12/h4-5,9H,6-7,17H2,1-3H3,(H,18,19). The van der Waals surface area contributed by atoms with Gasteiger partial charge in [-0.05, 0) is 17.9 Å². The molecule has 0 fully saturated rings. The summed E-state index contributed by atoms with van der Waals surface area (Å²) in [6, 6.07) is 2.01. The number of imidazole rings is 1. The third-order valence-electron chi connectivity index (χ3n) is 2.88. The maximum atomic E-state index is 13.5. The molecule has 104 valence electrons. The predicted octanol–water partition coefficient (Wildman–Crippen LogP) is 3.15. The third kappa shape index (κ3) is 3.50. The first-order valence-electron chi connectivity index (χ1n) is 6.34. The summed E-state index contributed by atoms with van der Waals surface area (Å²) >= 11 is 0. The lowest BCUT2D eigenvalue weighted by atomic mass is 9.87. The summed E-state index contributed by atoms with van der Waals surface area (Å²) in [6.45, 7) is 6.33. The smallest absolute Gasteiger partial charge is 0.153 e. The minimum atomic E-state index is -0.651. The van der Waals surface area contributed by atoms with Crippen molar-refractivity contribution < 1.29 is 8.78 Å². The van der Waals surface area contributed by atoms with Gasteiger partial charge in [0.15, 0.2) is 5.82 Å². The number of halogens is 2. The van der Waals surface area contributed by atoms with Crippen molar-refractivity contribution in [3.63, 3.8) is 0 Å². The van der Waals surface area contributed by atoms with Gasteiger partial charge in [0.05, 0.1) is 5.52 Å². The molecule has 0 bridgehead atoms. The SMILES string of the molecule is CC(C)(C)CC(N)Cc1nc2c(F)cc(F)cc2[nH]1. The summed E-state index contributed by atoms with van der Waals surface area (Å²) in [5, 5.41) is 0. The minimum Gasteiger partial charge on any atom is -0.342 e. The van der Waals surface area contributed by atoms with Crippen LogP contribution in [0.4, 0.5) is 8.78 Å². The Hall–Kier alpha value is -1.49. The molecule has 3 nitrogen and oxygen atoms in total. The maximum Gasteiger partial charge on any atom is 0.153 e. The molecule has 0 aliphatic rings. The number of fused-ring (bicyclic) bond motifs is 1. The fourth-order valence-electron chi connectivity index (χ4n) is 2.30. The zero-order valence-corrected chi connectivity index (χ0v) is 11.4. The molecule has 0 aliphatic carbocycles. The quantitative estimate of drug-likeness (QED) is 0.897. The van der Waals surface area contributed by atoms with Crippen molar-refractivity contribution >= 4 is 11.0 Å². The number of nitrogens with zero attached hydrogens (tertiary/aromatic N) is 1. The van der Waals surface area contributed by atoms with Crippen molar-refractivity contribution in [3.8, 4) is 0 Å². The first-order valence-corrected chi connectivity index (χ1v) is 6.34. The molecule has 0 saturated heterocycles. The molecule has 2 aromatic rings. The minimum absolute atomic E-state index is 0.0616. The molecule has 19 heavy (non-hydrogen) atoms. The molecule has 2 rings (SSSR count). The van der Waals surface area contributed by atoms with Gasteiger partial charge in [-0.1, -0.05) is 20.8 Å². The lowest BCUT2D eigenvalue weighted by molar-refractivity contribution is 0.336. The Balaban J connectivity index is 2.20. The molecule has 0 amide bonds. The van der Waals surface area contributed by atoms with E-state index in [2.05, 4.69) is 30.7 Å². The summed E-state index contributed by atoms with van der Waals surface area (Å²) in [5.41, 5.74) is 6.72. The van der Waals surface area contributed by atoms with E-state index in [1.807, 2.05) is 0 Å². The van der Waals surface area contributed by atoms with Crippen LogP contribution in [0.15, 0.2) is 12.1 Å². The van der Waals surface area contributed by atoms with Crippen molar-refractivity contribution in [2.75, 3.05) is 0 Å². The zero-order chi connectivity index (χ0) is 14.2. The van der Waals surface area contributed by atoms with E-state index in [9.17, 15) is 8.78 Å². The number of aromatic nitrogens is 2. The Bertz CT molecular complexity index is 584. The van der Waals surface area contributed by atoms with Gasteiger partial charge >= 0.3 is 0 Å². The van der Waals surface area contributed by atoms with Crippen LogP contribution in [0.25, 0.3) is 11.0 Å². The highest BCUT2D eigenvalue weighted by atomic mass is 19.1. The van der Waals surface area contributed by atoms with Crippen LogP contribution in [-0.4, -0.2) is 16.0 Å². The molecular weight excluding hydrogens is 248 g/mol. The molecule has 1 atom stereocenters. The Kier molecular flexibility index (Phi) is 3.58. The van der Waals surface area contributed by atoms with E-state index in [-0.39, 0.29) is 17.0 Å². The summed E-state index contributed by atoms with van der Waals surface area (Å²) in [4.78, 5) is 7.07. The molecule has 0 aliphatic heterocycles. The van der Waals surface area contributed by atoms with Crippen LogP contribution in [0.1, 0.15) is 33.0 Å². The molecule has 1 heterocycles. The van der Waals surface area contributed by atoms with E-state index in [1.54, 1.807) is 0 Å². The van der Waals surface area contributed by atoms with Gasteiger partial charge in [-0.15, -0.1) is 0 Å². The van der Waals surface area contributed by atoms with Crippen LogP contribution in [0, 0.1) is 17.0 Å². The largest absolute Gasteiger partial charge is 0.342 e. The Labute approximate surface area is 111 Å². The lowest BCUT2D eigenvalue weighted by Crippen LogP contribution is -2.28. The third-order valence-corrected chi connectivity index (χ3v) is 2.88. The normalized spacial score (nSPS) is 14.0. The second kappa shape index (κ2) is 4.89. The second-order valence-electron chi connectivity index (χ2n) is 6.20. The van der Waals surface area contributed by atoms with Crippen molar-refractivity contribution in [2.24, 2.45) is 11.1 Å². The first-order chi connectivity index (χ1) is 8.74. The number of rotatable bonds is 3. The lowest BCUT2D eigenvalue weighted by Gasteiger charge is -2.22. The molecule has 3 N–H and O–H groups in total. The second-order valence-corrected chi connectivity index (χ2v) is 6.20. The molecule has 1 aromatic heterocycles. The molecule has 0 radical (unpaired) electrons. The van der Waals surface area contributed by atoms with E-state index in [0.717, 1.165) is 12.5 Å². The highest BCUT2D eigenvalue weighted by Gasteiger charge is 2.18. The molecular formula is C14H19F2N3. The van der Waals surface area contributed by atoms with E-state index in [4.69, 9.17) is 5.73 Å². The van der Waals surface area contributed by atoms with E-state index in [1.165, 1.54) is 6.07 Å². The van der Waals surface area contributed by atoms with Crippen molar-refractivity contribution in [1.82, 2.24) is 9.97 Å². The topological polar surface area (TPSA) is 54.7 Å². The summed E-state index contributed by atoms with van der Waals surface area (Å²) in [5.74, 6) is -0.669. The van der Waals surface area contributed by atoms with Gasteiger partial charge in [0.2, 0.25) is 0 Å². The number of aromatic amines is 1. The Morgan fingerprint density at radius 1 is 1.32 bits per heavy atom. The van der Waals surface area contributed by atoms with Crippen molar-refractivity contribution in [3.05, 3.63) is 29.6 Å². The summed E-state index contributed by atoms with van der Waals surface area (Å²) in [7, 11) is 0. The molecule has 1 unspecified atom stereocenters. The highest BCUT2D eigenvalue weighted by molar-refractivity contribution is 5.75. The molecule has 0 saturated carbocycles. The average Bonchev–Trinajstić information content (AvgIpc) is 2.56. The van der Waals surface area contributed by atoms with Gasteiger partial charge in [0.1, 0.15) is 17.2 Å². The van der Waals surface area contributed by atoms with E-state index >= 15 is 0 Å². The number of nitrogens with one attached hydrogen (secondary N) is 1. The number of nitrogens with two attached hydrogens (primary N) is 1. The van der Waals surface area contributed by atoms with Gasteiger partial charge in [-0.2, -0.15) is 0 Å². The average molecular weight is 267 g/mol. The monoisotopic (exact) mass is 267 g/mol. The van der Waals surface area contributed by atoms with Crippen molar-refractivity contribution in [1.29, 1.82) is 0 Å². The fourth-order valence-corrected chi connectivity index (χ4v) is 2.30. The first kappa shape index (κ1) is 13.9. The van der Waals surface area contributed by atoms with Gasteiger partial charge < -0.3 is 10.7 Å². The number of hydrogen-bond acceptors (Lipinski definition) is 2.